The standard InChI is InChI=1S/2C2H3N.2CNS.Cr/c2*1-2-3;2*2-1-3;/h2*1H3;;;/q;;2*-1;+2. The van der Waals surface area contributed by atoms with Crippen molar-refractivity contribution in [3.63, 3.8) is 0 Å². The maximum atomic E-state index is 7.32. The SMILES string of the molecule is CC#N.CC#N.[Cr+2].[N-]=C=S.[N-]=C=S. The Hall–Kier alpha value is -0.888. The molecule has 4 nitrogen and oxygen atoms in total. The van der Waals surface area contributed by atoms with Crippen molar-refractivity contribution in [3.05, 3.63) is 10.8 Å². The van der Waals surface area contributed by atoms with E-state index in [-0.39, 0.29) is 17.4 Å². The molecule has 0 fully saturated rings. The topological polar surface area (TPSA) is 92.2 Å². The number of rotatable bonds is 0. The third kappa shape index (κ3) is 1170. The smallest absolute Gasteiger partial charge is 0.753 e. The van der Waals surface area contributed by atoms with Crippen molar-refractivity contribution in [3.8, 4) is 12.1 Å². The predicted octanol–water partition coefficient (Wildman–Crippen LogP) is 2.37. The molecule has 0 aromatic heterocycles. The van der Waals surface area contributed by atoms with Crippen LogP contribution >= 0.6 is 24.4 Å². The fourth-order valence-electron chi connectivity index (χ4n) is 0. The summed E-state index contributed by atoms with van der Waals surface area (Å²) in [5.74, 6) is 0. The molecule has 0 saturated carbocycles. The number of nitriles is 2. The molecule has 0 heterocycles. The van der Waals surface area contributed by atoms with E-state index in [0.717, 1.165) is 0 Å². The van der Waals surface area contributed by atoms with Gasteiger partial charge in [0.05, 0.1) is 12.1 Å². The van der Waals surface area contributed by atoms with Crippen molar-refractivity contribution in [1.82, 2.24) is 0 Å². The van der Waals surface area contributed by atoms with Gasteiger partial charge in [-0.25, -0.2) is 0 Å². The Balaban J connectivity index is -0.0000000213. The van der Waals surface area contributed by atoms with Gasteiger partial charge in [0.25, 0.3) is 0 Å². The zero-order valence-corrected chi connectivity index (χ0v) is 9.92. The molecule has 13 heavy (non-hydrogen) atoms. The Morgan fingerprint density at radius 2 is 0.923 bits per heavy atom. The van der Waals surface area contributed by atoms with Crippen LogP contribution in [0.25, 0.3) is 10.8 Å². The molecule has 0 aromatic carbocycles. The molecule has 0 aliphatic carbocycles. The van der Waals surface area contributed by atoms with Crippen LogP contribution in [0, 0.1) is 22.7 Å². The Kier molecular flexibility index (Phi) is 267. The Morgan fingerprint density at radius 1 is 0.923 bits per heavy atom. The first-order valence-electron chi connectivity index (χ1n) is 2.30. The van der Waals surface area contributed by atoms with Gasteiger partial charge in [0.15, 0.2) is 0 Å². The summed E-state index contributed by atoms with van der Waals surface area (Å²) < 4.78 is 0. The van der Waals surface area contributed by atoms with Crippen LogP contribution in [0.2, 0.25) is 0 Å². The minimum absolute atomic E-state index is 0. The molecule has 0 N–H and O–H groups in total. The summed E-state index contributed by atoms with van der Waals surface area (Å²) in [5.41, 5.74) is 0. The Labute approximate surface area is 99.3 Å². The van der Waals surface area contributed by atoms with E-state index in [1.165, 1.54) is 24.2 Å². The van der Waals surface area contributed by atoms with Crippen LogP contribution in [0.5, 0.6) is 0 Å². The summed E-state index contributed by atoms with van der Waals surface area (Å²) in [6.45, 7) is 2.86. The maximum absolute atomic E-state index is 7.32. The molecule has 68 valence electrons. The summed E-state index contributed by atoms with van der Waals surface area (Å²) in [4.78, 5) is 0. The molecule has 0 radical (unpaired) electrons. The fraction of sp³-hybridized carbons (Fsp3) is 0.333. The maximum Gasteiger partial charge on any atom is 2.00 e. The minimum atomic E-state index is 0. The number of hydrogen-bond acceptors (Lipinski definition) is 4. The summed E-state index contributed by atoms with van der Waals surface area (Å²) >= 11 is 7.40. The van der Waals surface area contributed by atoms with Crippen LogP contribution < -0.4 is 0 Å². The second-order valence-corrected chi connectivity index (χ2v) is 0.995. The quantitative estimate of drug-likeness (QED) is 0.487. The minimum Gasteiger partial charge on any atom is -0.753 e. The number of hydrogen-bond donors (Lipinski definition) is 0. The van der Waals surface area contributed by atoms with Crippen molar-refractivity contribution in [2.75, 3.05) is 0 Å². The van der Waals surface area contributed by atoms with Gasteiger partial charge in [-0.05, 0) is 0 Å². The third-order valence-corrected chi connectivity index (χ3v) is 0. The van der Waals surface area contributed by atoms with Crippen molar-refractivity contribution in [1.29, 1.82) is 10.5 Å². The number of isothiocyanates is 2. The second kappa shape index (κ2) is 117. The van der Waals surface area contributed by atoms with E-state index in [2.05, 4.69) is 24.4 Å². The van der Waals surface area contributed by atoms with Gasteiger partial charge in [-0.2, -0.15) is 20.8 Å². The van der Waals surface area contributed by atoms with Crippen molar-refractivity contribution >= 4 is 34.8 Å². The summed E-state index contributed by atoms with van der Waals surface area (Å²) in [6, 6.07) is 3.50. The van der Waals surface area contributed by atoms with E-state index in [1.807, 2.05) is 0 Å². The second-order valence-electron chi connectivity index (χ2n) is 0.630. The average molecular weight is 250 g/mol. The van der Waals surface area contributed by atoms with E-state index in [1.54, 1.807) is 12.1 Å². The molecule has 0 rings (SSSR count). The van der Waals surface area contributed by atoms with Crippen LogP contribution in [-0.2, 0) is 17.4 Å². The van der Waals surface area contributed by atoms with Crippen LogP contribution in [-0.4, -0.2) is 10.3 Å². The molecule has 0 saturated heterocycles. The first-order chi connectivity index (χ1) is 5.66. The molecule has 0 spiro atoms. The van der Waals surface area contributed by atoms with E-state index in [0.29, 0.717) is 0 Å². The Bertz CT molecular complexity index is 180. The van der Waals surface area contributed by atoms with Gasteiger partial charge in [0, 0.05) is 13.8 Å². The van der Waals surface area contributed by atoms with Gasteiger partial charge in [-0.1, -0.05) is 24.4 Å². The average Bonchev–Trinajstić information content (AvgIpc) is 1.92. The molecule has 0 aliphatic rings. The van der Waals surface area contributed by atoms with Crippen LogP contribution in [0.4, 0.5) is 0 Å². The first-order valence-corrected chi connectivity index (χ1v) is 3.12. The van der Waals surface area contributed by atoms with Crippen molar-refractivity contribution in [2.24, 2.45) is 0 Å². The van der Waals surface area contributed by atoms with E-state index >= 15 is 0 Å². The largest absolute Gasteiger partial charge is 2.00 e. The molecule has 0 bridgehead atoms. The van der Waals surface area contributed by atoms with Crippen LogP contribution in [0.15, 0.2) is 0 Å². The van der Waals surface area contributed by atoms with Gasteiger partial charge < -0.3 is 10.8 Å². The molecule has 0 aromatic rings. The van der Waals surface area contributed by atoms with E-state index in [9.17, 15) is 0 Å². The molecule has 0 atom stereocenters. The zero-order chi connectivity index (χ0) is 10.8. The molecule has 0 unspecified atom stereocenters. The normalized spacial score (nSPS) is 2.46. The summed E-state index contributed by atoms with van der Waals surface area (Å²) in [6.07, 6.45) is 0. The number of thiocarbonyl (C=S) groups is 2. The Morgan fingerprint density at radius 3 is 0.923 bits per heavy atom. The molecular formula is C6H6CrN4S2. The van der Waals surface area contributed by atoms with Gasteiger partial charge in [0.1, 0.15) is 0 Å². The van der Waals surface area contributed by atoms with Gasteiger partial charge in [-0.3, -0.25) is 0 Å². The first kappa shape index (κ1) is 29.6. The zero-order valence-electron chi connectivity index (χ0n) is 7.01. The van der Waals surface area contributed by atoms with Gasteiger partial charge in [-0.15, -0.1) is 0 Å². The van der Waals surface area contributed by atoms with Gasteiger partial charge in [0.2, 0.25) is 0 Å². The molecule has 0 amide bonds. The molecule has 0 aliphatic heterocycles. The fourth-order valence-corrected chi connectivity index (χ4v) is 0. The van der Waals surface area contributed by atoms with Gasteiger partial charge >= 0.3 is 17.4 Å². The van der Waals surface area contributed by atoms with E-state index < -0.39 is 0 Å². The summed E-state index contributed by atoms with van der Waals surface area (Å²) in [5, 5.41) is 31.6. The van der Waals surface area contributed by atoms with Crippen molar-refractivity contribution < 1.29 is 17.4 Å². The van der Waals surface area contributed by atoms with E-state index in [4.69, 9.17) is 21.3 Å². The third-order valence-electron chi connectivity index (χ3n) is 0. The molecule has 7 heteroatoms. The number of nitrogens with zero attached hydrogens (tertiary/aromatic N) is 4. The van der Waals surface area contributed by atoms with Crippen LogP contribution in [0.3, 0.4) is 0 Å². The van der Waals surface area contributed by atoms with Crippen LogP contribution in [0.1, 0.15) is 13.8 Å². The van der Waals surface area contributed by atoms with Crippen molar-refractivity contribution in [2.45, 2.75) is 13.8 Å². The molecular weight excluding hydrogens is 244 g/mol. The monoisotopic (exact) mass is 250 g/mol. The predicted molar refractivity (Wildman–Crippen MR) is 54.5 cm³/mol. The summed E-state index contributed by atoms with van der Waals surface area (Å²) in [7, 11) is 0.